The summed E-state index contributed by atoms with van der Waals surface area (Å²) in [5.74, 6) is -0.452. The number of nitrogens with one attached hydrogen (secondary N) is 2. The topological polar surface area (TPSA) is 117 Å². The fourth-order valence-electron chi connectivity index (χ4n) is 1.56. The highest BCUT2D eigenvalue weighted by molar-refractivity contribution is 6.09. The van der Waals surface area contributed by atoms with E-state index < -0.39 is 5.41 Å². The average molecular weight is 242 g/mol. The van der Waals surface area contributed by atoms with Gasteiger partial charge in [-0.1, -0.05) is 5.16 Å². The van der Waals surface area contributed by atoms with E-state index in [9.17, 15) is 9.59 Å². The van der Waals surface area contributed by atoms with Gasteiger partial charge in [0.1, 0.15) is 5.41 Å². The largest absolute Gasteiger partial charge is 0.409 e. The number of carbonyl (C=O) groups excluding carboxylic acids is 2. The van der Waals surface area contributed by atoms with Gasteiger partial charge in [-0.05, 0) is 19.8 Å². The summed E-state index contributed by atoms with van der Waals surface area (Å²) in [6, 6.07) is 0. The van der Waals surface area contributed by atoms with Crippen LogP contribution in [0.1, 0.15) is 26.2 Å². The molecule has 1 fully saturated rings. The van der Waals surface area contributed by atoms with Crippen LogP contribution >= 0.6 is 0 Å². The highest BCUT2D eigenvalue weighted by Crippen LogP contribution is 2.45. The van der Waals surface area contributed by atoms with Crippen LogP contribution in [0.3, 0.4) is 0 Å². The zero-order valence-corrected chi connectivity index (χ0v) is 9.82. The van der Waals surface area contributed by atoms with Crippen molar-refractivity contribution in [2.75, 3.05) is 13.1 Å². The van der Waals surface area contributed by atoms with Crippen LogP contribution in [0.5, 0.6) is 0 Å². The zero-order chi connectivity index (χ0) is 12.9. The number of amidine groups is 1. The van der Waals surface area contributed by atoms with E-state index in [1.165, 1.54) is 0 Å². The minimum atomic E-state index is -0.851. The molecule has 0 radical (unpaired) electrons. The van der Waals surface area contributed by atoms with Crippen molar-refractivity contribution >= 4 is 17.6 Å². The Hall–Kier alpha value is -1.79. The van der Waals surface area contributed by atoms with Gasteiger partial charge in [0.25, 0.3) is 0 Å². The molecule has 1 aliphatic carbocycles. The fourth-order valence-corrected chi connectivity index (χ4v) is 1.56. The number of amides is 2. The minimum Gasteiger partial charge on any atom is -0.409 e. The maximum absolute atomic E-state index is 11.8. The maximum Gasteiger partial charge on any atom is 0.233 e. The third kappa shape index (κ3) is 3.08. The lowest BCUT2D eigenvalue weighted by Crippen LogP contribution is -2.41. The Morgan fingerprint density at radius 1 is 1.41 bits per heavy atom. The first-order valence-electron chi connectivity index (χ1n) is 5.60. The number of nitrogens with two attached hydrogens (primary N) is 1. The number of carbonyl (C=O) groups is 2. The van der Waals surface area contributed by atoms with E-state index in [1.54, 1.807) is 0 Å². The summed E-state index contributed by atoms with van der Waals surface area (Å²) in [5, 5.41) is 16.7. The summed E-state index contributed by atoms with van der Waals surface area (Å²) in [6.07, 6.45) is 1.39. The van der Waals surface area contributed by atoms with Gasteiger partial charge in [0, 0.05) is 19.5 Å². The van der Waals surface area contributed by atoms with Gasteiger partial charge >= 0.3 is 0 Å². The van der Waals surface area contributed by atoms with E-state index in [0.29, 0.717) is 19.4 Å². The van der Waals surface area contributed by atoms with Crippen molar-refractivity contribution in [3.05, 3.63) is 0 Å². The summed E-state index contributed by atoms with van der Waals surface area (Å²) in [4.78, 5) is 22.9. The molecule has 0 saturated heterocycles. The van der Waals surface area contributed by atoms with Crippen molar-refractivity contribution in [3.63, 3.8) is 0 Å². The van der Waals surface area contributed by atoms with E-state index in [0.717, 1.165) is 0 Å². The van der Waals surface area contributed by atoms with Crippen LogP contribution in [0, 0.1) is 5.41 Å². The molecule has 0 aromatic carbocycles. The zero-order valence-electron chi connectivity index (χ0n) is 9.82. The van der Waals surface area contributed by atoms with Gasteiger partial charge in [-0.3, -0.25) is 9.59 Å². The first-order chi connectivity index (χ1) is 8.06. The molecule has 1 aliphatic rings. The van der Waals surface area contributed by atoms with Crippen molar-refractivity contribution in [3.8, 4) is 0 Å². The Morgan fingerprint density at radius 3 is 2.53 bits per heavy atom. The second kappa shape index (κ2) is 5.51. The van der Waals surface area contributed by atoms with Crippen molar-refractivity contribution in [2.45, 2.75) is 26.2 Å². The lowest BCUT2D eigenvalue weighted by atomic mass is 10.1. The van der Waals surface area contributed by atoms with Gasteiger partial charge in [0.15, 0.2) is 5.84 Å². The second-order valence-electron chi connectivity index (χ2n) is 4.03. The van der Waals surface area contributed by atoms with Gasteiger partial charge in [0.05, 0.1) is 0 Å². The van der Waals surface area contributed by atoms with Crippen LogP contribution in [0.2, 0.25) is 0 Å². The number of hydrogen-bond acceptors (Lipinski definition) is 4. The van der Waals surface area contributed by atoms with Gasteiger partial charge in [-0.15, -0.1) is 0 Å². The predicted octanol–water partition coefficient (Wildman–Crippen LogP) is -0.845. The second-order valence-corrected chi connectivity index (χ2v) is 4.03. The standard InChI is InChI=1S/C10H18N4O3/c1-2-12-7(15)3-6-13-9(16)10(4-5-10)8(11)14-17/h17H,2-6H2,1H3,(H2,11,14)(H,12,15)(H,13,16). The molecule has 2 amide bonds. The van der Waals surface area contributed by atoms with Gasteiger partial charge in [-0.25, -0.2) is 0 Å². The molecule has 7 heteroatoms. The molecule has 0 aliphatic heterocycles. The Morgan fingerprint density at radius 2 is 2.06 bits per heavy atom. The predicted molar refractivity (Wildman–Crippen MR) is 61.4 cm³/mol. The molecule has 0 heterocycles. The SMILES string of the molecule is CCNC(=O)CCNC(=O)C1(C(N)=NO)CC1. The molecule has 0 bridgehead atoms. The highest BCUT2D eigenvalue weighted by atomic mass is 16.4. The molecule has 0 aromatic heterocycles. The van der Waals surface area contributed by atoms with E-state index in [2.05, 4.69) is 15.8 Å². The molecule has 0 aromatic rings. The first-order valence-corrected chi connectivity index (χ1v) is 5.60. The third-order valence-corrected chi connectivity index (χ3v) is 2.79. The molecule has 7 nitrogen and oxygen atoms in total. The number of oxime groups is 1. The quantitative estimate of drug-likeness (QED) is 0.210. The van der Waals surface area contributed by atoms with E-state index in [4.69, 9.17) is 10.9 Å². The van der Waals surface area contributed by atoms with Crippen molar-refractivity contribution in [1.29, 1.82) is 0 Å². The normalized spacial score (nSPS) is 17.4. The summed E-state index contributed by atoms with van der Waals surface area (Å²) in [6.45, 7) is 2.65. The monoisotopic (exact) mass is 242 g/mol. The van der Waals surface area contributed by atoms with Crippen LogP contribution in [0.25, 0.3) is 0 Å². The molecule has 0 unspecified atom stereocenters. The molecule has 1 saturated carbocycles. The van der Waals surface area contributed by atoms with Crippen LogP contribution < -0.4 is 16.4 Å². The molecule has 5 N–H and O–H groups in total. The summed E-state index contributed by atoms with van der Waals surface area (Å²) in [5.41, 5.74) is 4.60. The lowest BCUT2D eigenvalue weighted by Gasteiger charge is -2.13. The van der Waals surface area contributed by atoms with Crippen LogP contribution in [0.4, 0.5) is 0 Å². The third-order valence-electron chi connectivity index (χ3n) is 2.79. The Kier molecular flexibility index (Phi) is 4.30. The fraction of sp³-hybridized carbons (Fsp3) is 0.700. The summed E-state index contributed by atoms with van der Waals surface area (Å²) >= 11 is 0. The van der Waals surface area contributed by atoms with E-state index >= 15 is 0 Å². The molecule has 1 rings (SSSR count). The van der Waals surface area contributed by atoms with Crippen LogP contribution in [-0.4, -0.2) is 35.9 Å². The molecular formula is C10H18N4O3. The Labute approximate surface area is 99.4 Å². The summed E-state index contributed by atoms with van der Waals surface area (Å²) in [7, 11) is 0. The molecule has 96 valence electrons. The lowest BCUT2D eigenvalue weighted by molar-refractivity contribution is -0.124. The molecule has 0 spiro atoms. The minimum absolute atomic E-state index is 0.0620. The van der Waals surface area contributed by atoms with Gasteiger partial charge < -0.3 is 21.6 Å². The van der Waals surface area contributed by atoms with Crippen molar-refractivity contribution in [1.82, 2.24) is 10.6 Å². The first kappa shape index (κ1) is 13.3. The van der Waals surface area contributed by atoms with E-state index in [-0.39, 0.29) is 30.6 Å². The summed E-state index contributed by atoms with van der Waals surface area (Å²) < 4.78 is 0. The Balaban J connectivity index is 2.34. The van der Waals surface area contributed by atoms with Gasteiger partial charge in [-0.2, -0.15) is 0 Å². The molecule has 17 heavy (non-hydrogen) atoms. The maximum atomic E-state index is 11.8. The number of rotatable bonds is 6. The highest BCUT2D eigenvalue weighted by Gasteiger charge is 2.54. The van der Waals surface area contributed by atoms with Crippen molar-refractivity contribution < 1.29 is 14.8 Å². The van der Waals surface area contributed by atoms with Gasteiger partial charge in [0.2, 0.25) is 11.8 Å². The molecule has 0 atom stereocenters. The number of nitrogens with zero attached hydrogens (tertiary/aromatic N) is 1. The number of hydrogen-bond donors (Lipinski definition) is 4. The van der Waals surface area contributed by atoms with Crippen LogP contribution in [0.15, 0.2) is 5.16 Å². The Bertz CT molecular complexity index is 336. The van der Waals surface area contributed by atoms with E-state index in [1.807, 2.05) is 6.92 Å². The van der Waals surface area contributed by atoms with Crippen LogP contribution in [-0.2, 0) is 9.59 Å². The molecular weight excluding hydrogens is 224 g/mol. The van der Waals surface area contributed by atoms with Crippen molar-refractivity contribution in [2.24, 2.45) is 16.3 Å². The smallest absolute Gasteiger partial charge is 0.233 e. The average Bonchev–Trinajstić information content (AvgIpc) is 3.09.